The molecule has 7 heteroatoms. The van der Waals surface area contributed by atoms with Gasteiger partial charge in [0, 0.05) is 11.8 Å². The first kappa shape index (κ1) is 30.3. The maximum absolute atomic E-state index is 13.8. The van der Waals surface area contributed by atoms with Gasteiger partial charge in [0.2, 0.25) is 0 Å². The topological polar surface area (TPSA) is 118 Å². The zero-order valence-corrected chi connectivity index (χ0v) is 26.1. The first-order chi connectivity index (χ1) is 18.8. The molecule has 0 radical (unpaired) electrons. The van der Waals surface area contributed by atoms with E-state index in [4.69, 9.17) is 9.84 Å². The number of ether oxygens (including phenoxy) is 1. The number of ketones is 1. The van der Waals surface area contributed by atoms with Crippen molar-refractivity contribution in [1.82, 2.24) is 0 Å². The highest BCUT2D eigenvalue weighted by atomic mass is 16.5. The molecule has 0 saturated heterocycles. The Hall–Kier alpha value is -2.18. The van der Waals surface area contributed by atoms with Gasteiger partial charge in [-0.2, -0.15) is 0 Å². The lowest BCUT2D eigenvalue weighted by molar-refractivity contribution is -0.210. The minimum absolute atomic E-state index is 0.0257. The monoisotopic (exact) mass is 570 g/mol. The lowest BCUT2D eigenvalue weighted by Gasteiger charge is -2.71. The fourth-order valence-electron chi connectivity index (χ4n) is 11.1. The second-order valence-corrected chi connectivity index (χ2v) is 16.3. The summed E-state index contributed by atoms with van der Waals surface area (Å²) < 4.78 is 5.73. The number of carbonyl (C=O) groups is 4. The largest absolute Gasteiger partial charge is 0.481 e. The van der Waals surface area contributed by atoms with Crippen LogP contribution >= 0.6 is 0 Å². The number of esters is 1. The molecule has 0 spiro atoms. The van der Waals surface area contributed by atoms with Crippen LogP contribution < -0.4 is 0 Å². The molecule has 41 heavy (non-hydrogen) atoms. The number of carboxylic acid groups (broad SMARTS) is 2. The Morgan fingerprint density at radius 3 is 2.20 bits per heavy atom. The molecule has 5 aliphatic rings. The lowest BCUT2D eigenvalue weighted by atomic mass is 9.33. The van der Waals surface area contributed by atoms with E-state index < -0.39 is 34.8 Å². The fraction of sp³-hybridized carbons (Fsp3) is 0.824. The van der Waals surface area contributed by atoms with Crippen molar-refractivity contribution >= 4 is 23.7 Å². The Morgan fingerprint density at radius 2 is 1.56 bits per heavy atom. The summed E-state index contributed by atoms with van der Waals surface area (Å²) in [5.74, 6) is -1.68. The first-order valence-electron chi connectivity index (χ1n) is 15.7. The summed E-state index contributed by atoms with van der Waals surface area (Å²) in [5.41, 5.74) is 0.0107. The maximum atomic E-state index is 13.8. The summed E-state index contributed by atoms with van der Waals surface area (Å²) in [7, 11) is 0. The van der Waals surface area contributed by atoms with E-state index >= 15 is 0 Å². The van der Waals surface area contributed by atoms with Crippen LogP contribution in [0.25, 0.3) is 0 Å². The van der Waals surface area contributed by atoms with Crippen molar-refractivity contribution in [3.63, 3.8) is 0 Å². The lowest BCUT2D eigenvalue weighted by Crippen LogP contribution is -2.66. The van der Waals surface area contributed by atoms with Crippen molar-refractivity contribution in [3.05, 3.63) is 11.6 Å². The number of aliphatic carboxylic acids is 2. The number of Topliss-reactive ketones (excluding diaryl/α,β-unsaturated/α-hetero) is 1. The van der Waals surface area contributed by atoms with Gasteiger partial charge in [-0.3, -0.25) is 19.2 Å². The zero-order valence-electron chi connectivity index (χ0n) is 26.1. The van der Waals surface area contributed by atoms with E-state index in [1.54, 1.807) is 0 Å². The van der Waals surface area contributed by atoms with Crippen LogP contribution in [0.5, 0.6) is 0 Å². The molecule has 0 aromatic heterocycles. The minimum Gasteiger partial charge on any atom is -0.481 e. The van der Waals surface area contributed by atoms with Gasteiger partial charge in [-0.25, -0.2) is 0 Å². The molecule has 0 bridgehead atoms. The second kappa shape index (κ2) is 9.41. The Morgan fingerprint density at radius 1 is 0.902 bits per heavy atom. The van der Waals surface area contributed by atoms with Crippen LogP contribution in [0.3, 0.4) is 0 Å². The number of carbonyl (C=O) groups excluding carboxylic acids is 2. The summed E-state index contributed by atoms with van der Waals surface area (Å²) in [6, 6.07) is 0. The number of fused-ring (bicyclic) bond motifs is 7. The molecule has 228 valence electrons. The summed E-state index contributed by atoms with van der Waals surface area (Å²) >= 11 is 0. The molecular formula is C34H50O7. The molecule has 0 heterocycles. The standard InChI is InChI=1S/C34H50O7/c1-29(2)23-12-13-34(7)24(32(23,5)19-22(35)27(29)41-26(38)11-10-25(36)37)9-8-20-21-18-31(4,28(39)40)15-14-30(21,3)16-17-33(20,34)6/h8,21,23-24,27H,9-19H2,1-7H3,(H,36,37)(H,39,40)/t21-,23?,24-,27+,30-,31?,32+,33-,34-/m1/s1. The predicted octanol–water partition coefficient (Wildman–Crippen LogP) is 6.83. The molecule has 2 N–H and O–H groups in total. The molecule has 9 atom stereocenters. The average Bonchev–Trinajstić information content (AvgIpc) is 2.86. The molecular weight excluding hydrogens is 520 g/mol. The molecule has 5 aliphatic carbocycles. The van der Waals surface area contributed by atoms with E-state index in [9.17, 15) is 24.3 Å². The highest BCUT2D eigenvalue weighted by Gasteiger charge is 2.69. The van der Waals surface area contributed by atoms with Gasteiger partial charge in [-0.05, 0) is 97.7 Å². The molecule has 0 aromatic carbocycles. The number of carboxylic acids is 2. The predicted molar refractivity (Wildman–Crippen MR) is 154 cm³/mol. The zero-order chi connectivity index (χ0) is 30.4. The van der Waals surface area contributed by atoms with Crippen LogP contribution in [0, 0.1) is 50.2 Å². The Bertz CT molecular complexity index is 1200. The summed E-state index contributed by atoms with van der Waals surface area (Å²) in [6.45, 7) is 15.6. The van der Waals surface area contributed by atoms with Crippen LogP contribution in [0.15, 0.2) is 11.6 Å². The molecule has 5 rings (SSSR count). The van der Waals surface area contributed by atoms with E-state index in [1.807, 2.05) is 6.92 Å². The Kier molecular flexibility index (Phi) is 6.95. The van der Waals surface area contributed by atoms with Gasteiger partial charge in [0.1, 0.15) is 0 Å². The molecule has 2 unspecified atom stereocenters. The van der Waals surface area contributed by atoms with E-state index in [0.29, 0.717) is 12.8 Å². The van der Waals surface area contributed by atoms with Crippen LogP contribution in [-0.2, 0) is 23.9 Å². The molecule has 0 amide bonds. The summed E-state index contributed by atoms with van der Waals surface area (Å²) in [6.07, 6.45) is 8.83. The molecule has 4 saturated carbocycles. The van der Waals surface area contributed by atoms with Gasteiger partial charge < -0.3 is 14.9 Å². The van der Waals surface area contributed by atoms with Gasteiger partial charge in [0.05, 0.1) is 18.3 Å². The first-order valence-corrected chi connectivity index (χ1v) is 15.7. The number of hydrogen-bond donors (Lipinski definition) is 2. The molecule has 4 fully saturated rings. The van der Waals surface area contributed by atoms with Crippen molar-refractivity contribution in [2.75, 3.05) is 0 Å². The van der Waals surface area contributed by atoms with E-state index in [1.165, 1.54) is 5.57 Å². The van der Waals surface area contributed by atoms with Gasteiger partial charge >= 0.3 is 17.9 Å². The van der Waals surface area contributed by atoms with Gasteiger partial charge in [-0.15, -0.1) is 0 Å². The second-order valence-electron chi connectivity index (χ2n) is 16.3. The molecule has 0 aliphatic heterocycles. The quantitative estimate of drug-likeness (QED) is 0.275. The van der Waals surface area contributed by atoms with Crippen molar-refractivity contribution in [2.24, 2.45) is 50.2 Å². The fourth-order valence-corrected chi connectivity index (χ4v) is 11.1. The summed E-state index contributed by atoms with van der Waals surface area (Å²) in [5, 5.41) is 19.1. The van der Waals surface area contributed by atoms with Crippen molar-refractivity contribution in [2.45, 2.75) is 125 Å². The van der Waals surface area contributed by atoms with Crippen molar-refractivity contribution in [1.29, 1.82) is 0 Å². The highest BCUT2D eigenvalue weighted by molar-refractivity contribution is 5.88. The average molecular weight is 571 g/mol. The smallest absolute Gasteiger partial charge is 0.309 e. The molecule has 7 nitrogen and oxygen atoms in total. The van der Waals surface area contributed by atoms with Gasteiger partial charge in [0.15, 0.2) is 11.9 Å². The van der Waals surface area contributed by atoms with Crippen molar-refractivity contribution in [3.8, 4) is 0 Å². The SMILES string of the molecule is CC1(C(=O)O)CC[C@]2(C)CC[C@]3(C)C(=CC[C@@H]4[C@@]5(C)CC(=O)[C@H](OC(=O)CCC(=O)O)C(C)(C)C5CC[C@]43C)[C@H]2C1. The Labute approximate surface area is 244 Å². The molecule has 0 aromatic rings. The highest BCUT2D eigenvalue weighted by Crippen LogP contribution is 2.75. The van der Waals surface area contributed by atoms with Crippen LogP contribution in [0.2, 0.25) is 0 Å². The summed E-state index contributed by atoms with van der Waals surface area (Å²) in [4.78, 5) is 49.6. The number of hydrogen-bond acceptors (Lipinski definition) is 5. The minimum atomic E-state index is -1.06. The third-order valence-corrected chi connectivity index (χ3v) is 13.8. The maximum Gasteiger partial charge on any atom is 0.309 e. The third-order valence-electron chi connectivity index (χ3n) is 13.8. The van der Waals surface area contributed by atoms with E-state index in [0.717, 1.165) is 44.9 Å². The van der Waals surface area contributed by atoms with Gasteiger partial charge in [-0.1, -0.05) is 53.2 Å². The number of allylic oxidation sites excluding steroid dienone is 2. The van der Waals surface area contributed by atoms with E-state index in [-0.39, 0.29) is 58.0 Å². The van der Waals surface area contributed by atoms with Crippen LogP contribution in [0.4, 0.5) is 0 Å². The normalized spacial score (nSPS) is 46.6. The van der Waals surface area contributed by atoms with Crippen LogP contribution in [0.1, 0.15) is 119 Å². The third kappa shape index (κ3) is 4.25. The van der Waals surface area contributed by atoms with Gasteiger partial charge in [0.25, 0.3) is 0 Å². The van der Waals surface area contributed by atoms with E-state index in [2.05, 4.69) is 47.6 Å². The number of rotatable bonds is 5. The Balaban J connectivity index is 1.48. The van der Waals surface area contributed by atoms with Crippen LogP contribution in [-0.4, -0.2) is 40.0 Å². The van der Waals surface area contributed by atoms with Crippen molar-refractivity contribution < 1.29 is 34.1 Å².